The fourth-order valence-electron chi connectivity index (χ4n) is 1.79. The van der Waals surface area contributed by atoms with Crippen LogP contribution >= 0.6 is 11.8 Å². The molecule has 0 aliphatic rings. The third-order valence-corrected chi connectivity index (χ3v) is 3.74. The number of aryl methyl sites for hydroxylation is 1. The van der Waals surface area contributed by atoms with Gasteiger partial charge < -0.3 is 9.84 Å². The molecule has 0 bridgehead atoms. The van der Waals surface area contributed by atoms with E-state index in [9.17, 15) is 0 Å². The van der Waals surface area contributed by atoms with Crippen LogP contribution in [-0.4, -0.2) is 34.5 Å². The predicted octanol–water partition coefficient (Wildman–Crippen LogP) is 2.80. The molecule has 0 spiro atoms. The first-order valence-electron chi connectivity index (χ1n) is 6.52. The molecule has 2 heterocycles. The van der Waals surface area contributed by atoms with Crippen LogP contribution < -0.4 is 4.74 Å². The van der Waals surface area contributed by atoms with Gasteiger partial charge in [0.05, 0.1) is 24.4 Å². The molecule has 0 atom stereocenters. The highest BCUT2D eigenvalue weighted by Crippen LogP contribution is 2.24. The zero-order valence-electron chi connectivity index (χ0n) is 11.7. The Hall–Kier alpha value is -1.59. The van der Waals surface area contributed by atoms with Crippen LogP contribution in [0.25, 0.3) is 11.3 Å². The summed E-state index contributed by atoms with van der Waals surface area (Å²) in [6.07, 6.45) is 2.72. The average molecular weight is 290 g/mol. The van der Waals surface area contributed by atoms with Crippen molar-refractivity contribution in [2.24, 2.45) is 0 Å². The molecule has 2 rings (SSSR count). The molecule has 20 heavy (non-hydrogen) atoms. The Balaban J connectivity index is 2.33. The number of nitrogens with zero attached hydrogens (tertiary/aromatic N) is 2. The van der Waals surface area contributed by atoms with Crippen LogP contribution in [0.2, 0.25) is 0 Å². The van der Waals surface area contributed by atoms with Gasteiger partial charge in [0.15, 0.2) is 0 Å². The van der Waals surface area contributed by atoms with Crippen LogP contribution in [0.1, 0.15) is 12.5 Å². The summed E-state index contributed by atoms with van der Waals surface area (Å²) in [5.74, 6) is 1.25. The second kappa shape index (κ2) is 7.26. The van der Waals surface area contributed by atoms with Gasteiger partial charge in [-0.05, 0) is 30.2 Å². The van der Waals surface area contributed by atoms with Crippen molar-refractivity contribution >= 4 is 11.8 Å². The maximum atomic E-state index is 8.93. The van der Waals surface area contributed by atoms with Gasteiger partial charge in [0.1, 0.15) is 0 Å². The van der Waals surface area contributed by atoms with Gasteiger partial charge in [-0.2, -0.15) is 0 Å². The number of methoxy groups -OCH3 is 1. The van der Waals surface area contributed by atoms with Gasteiger partial charge in [0, 0.05) is 23.6 Å². The molecule has 2 aromatic heterocycles. The smallest absolute Gasteiger partial charge is 0.212 e. The van der Waals surface area contributed by atoms with E-state index in [2.05, 4.69) is 29.0 Å². The first-order valence-corrected chi connectivity index (χ1v) is 7.50. The third kappa shape index (κ3) is 3.71. The molecule has 0 saturated carbocycles. The molecular formula is C15H18N2O2S. The molecule has 0 aliphatic heterocycles. The monoisotopic (exact) mass is 290 g/mol. The van der Waals surface area contributed by atoms with Crippen molar-refractivity contribution in [3.05, 3.63) is 36.0 Å². The van der Waals surface area contributed by atoms with Gasteiger partial charge in [0.25, 0.3) is 0 Å². The van der Waals surface area contributed by atoms with E-state index in [1.165, 1.54) is 5.56 Å². The molecule has 0 fully saturated rings. The summed E-state index contributed by atoms with van der Waals surface area (Å²) in [6, 6.07) is 7.93. The summed E-state index contributed by atoms with van der Waals surface area (Å²) in [7, 11) is 1.60. The standard InChI is InChI=1S/C15H18N2O2S/c1-3-11-8-13(17-15(9-11)20-7-6-18)12-4-5-14(19-2)16-10-12/h4-5,8-10,18H,3,6-7H2,1-2H3. The van der Waals surface area contributed by atoms with E-state index in [1.54, 1.807) is 25.1 Å². The van der Waals surface area contributed by atoms with E-state index in [1.807, 2.05) is 12.1 Å². The van der Waals surface area contributed by atoms with Crippen molar-refractivity contribution in [1.82, 2.24) is 9.97 Å². The molecule has 2 aromatic rings. The normalized spacial score (nSPS) is 10.6. The molecule has 0 saturated heterocycles. The van der Waals surface area contributed by atoms with Gasteiger partial charge in [-0.15, -0.1) is 11.8 Å². The number of ether oxygens (including phenoxy) is 1. The second-order valence-corrected chi connectivity index (χ2v) is 5.33. The quantitative estimate of drug-likeness (QED) is 0.829. The lowest BCUT2D eigenvalue weighted by atomic mass is 10.1. The number of pyridine rings is 2. The summed E-state index contributed by atoms with van der Waals surface area (Å²) in [6.45, 7) is 2.27. The topological polar surface area (TPSA) is 55.2 Å². The van der Waals surface area contributed by atoms with Crippen LogP contribution in [0.3, 0.4) is 0 Å². The number of aliphatic hydroxyl groups excluding tert-OH is 1. The Morgan fingerprint density at radius 3 is 2.75 bits per heavy atom. The summed E-state index contributed by atoms with van der Waals surface area (Å²) >= 11 is 1.56. The van der Waals surface area contributed by atoms with E-state index in [0.717, 1.165) is 22.7 Å². The molecule has 0 amide bonds. The number of hydrogen-bond acceptors (Lipinski definition) is 5. The Labute approximate surface area is 123 Å². The van der Waals surface area contributed by atoms with Gasteiger partial charge in [-0.1, -0.05) is 6.92 Å². The minimum Gasteiger partial charge on any atom is -0.481 e. The van der Waals surface area contributed by atoms with Crippen molar-refractivity contribution in [2.45, 2.75) is 18.4 Å². The minimum absolute atomic E-state index is 0.155. The second-order valence-electron chi connectivity index (χ2n) is 4.21. The van der Waals surface area contributed by atoms with Gasteiger partial charge >= 0.3 is 0 Å². The molecule has 106 valence electrons. The van der Waals surface area contributed by atoms with E-state index in [4.69, 9.17) is 9.84 Å². The average Bonchev–Trinajstić information content (AvgIpc) is 2.52. The van der Waals surface area contributed by atoms with Gasteiger partial charge in [0.2, 0.25) is 5.88 Å². The van der Waals surface area contributed by atoms with Gasteiger partial charge in [-0.3, -0.25) is 0 Å². The summed E-state index contributed by atoms with van der Waals surface area (Å²) in [5.41, 5.74) is 3.10. The van der Waals surface area contributed by atoms with E-state index >= 15 is 0 Å². The number of aromatic nitrogens is 2. The molecule has 0 aliphatic carbocycles. The molecule has 4 nitrogen and oxygen atoms in total. The van der Waals surface area contributed by atoms with Crippen molar-refractivity contribution in [3.63, 3.8) is 0 Å². The Bertz CT molecular complexity index is 558. The highest BCUT2D eigenvalue weighted by atomic mass is 32.2. The zero-order valence-corrected chi connectivity index (χ0v) is 12.5. The van der Waals surface area contributed by atoms with Crippen molar-refractivity contribution in [3.8, 4) is 17.1 Å². The molecule has 0 unspecified atom stereocenters. The van der Waals surface area contributed by atoms with E-state index in [0.29, 0.717) is 11.6 Å². The Kier molecular flexibility index (Phi) is 5.38. The van der Waals surface area contributed by atoms with E-state index < -0.39 is 0 Å². The molecule has 1 N–H and O–H groups in total. The van der Waals surface area contributed by atoms with Crippen LogP contribution in [0.5, 0.6) is 5.88 Å². The first-order chi connectivity index (χ1) is 9.76. The summed E-state index contributed by atoms with van der Waals surface area (Å²) in [4.78, 5) is 8.83. The number of aliphatic hydroxyl groups is 1. The Morgan fingerprint density at radius 1 is 1.30 bits per heavy atom. The molecular weight excluding hydrogens is 272 g/mol. The van der Waals surface area contributed by atoms with Crippen molar-refractivity contribution in [1.29, 1.82) is 0 Å². The third-order valence-electron chi connectivity index (χ3n) is 2.85. The highest BCUT2D eigenvalue weighted by Gasteiger charge is 2.06. The van der Waals surface area contributed by atoms with Gasteiger partial charge in [-0.25, -0.2) is 9.97 Å². The fraction of sp³-hybridized carbons (Fsp3) is 0.333. The van der Waals surface area contributed by atoms with Crippen LogP contribution in [-0.2, 0) is 6.42 Å². The van der Waals surface area contributed by atoms with Crippen LogP contribution in [0, 0.1) is 0 Å². The van der Waals surface area contributed by atoms with E-state index in [-0.39, 0.29) is 6.61 Å². The number of rotatable bonds is 6. The molecule has 0 radical (unpaired) electrons. The lowest BCUT2D eigenvalue weighted by Crippen LogP contribution is -1.94. The lowest BCUT2D eigenvalue weighted by Gasteiger charge is -2.08. The molecule has 0 aromatic carbocycles. The zero-order chi connectivity index (χ0) is 14.4. The minimum atomic E-state index is 0.155. The van der Waals surface area contributed by atoms with Crippen LogP contribution in [0.4, 0.5) is 0 Å². The summed E-state index contributed by atoms with van der Waals surface area (Å²) in [5, 5.41) is 9.86. The number of hydrogen-bond donors (Lipinski definition) is 1. The first kappa shape index (κ1) is 14.8. The predicted molar refractivity (Wildman–Crippen MR) is 81.2 cm³/mol. The van der Waals surface area contributed by atoms with Crippen LogP contribution in [0.15, 0.2) is 35.5 Å². The van der Waals surface area contributed by atoms with Crippen molar-refractivity contribution in [2.75, 3.05) is 19.5 Å². The largest absolute Gasteiger partial charge is 0.481 e. The summed E-state index contributed by atoms with van der Waals surface area (Å²) < 4.78 is 5.06. The lowest BCUT2D eigenvalue weighted by molar-refractivity contribution is 0.322. The Morgan fingerprint density at radius 2 is 2.15 bits per heavy atom. The highest BCUT2D eigenvalue weighted by molar-refractivity contribution is 7.99. The van der Waals surface area contributed by atoms with Crippen molar-refractivity contribution < 1.29 is 9.84 Å². The fourth-order valence-corrected chi connectivity index (χ4v) is 2.49. The maximum absolute atomic E-state index is 8.93. The number of thioether (sulfide) groups is 1. The maximum Gasteiger partial charge on any atom is 0.212 e. The SMILES string of the molecule is CCc1cc(SCCO)nc(-c2ccc(OC)nc2)c1. The molecule has 5 heteroatoms.